The summed E-state index contributed by atoms with van der Waals surface area (Å²) >= 11 is 7.85. The fraction of sp³-hybridized carbons (Fsp3) is 0.238. The molecule has 1 aromatic carbocycles. The SMILES string of the molecule is O=C([C@H]1CC(=O)N(c2ccccc2Cl)C1)N(Cc1ccco1)Cc1cccs1. The first-order chi connectivity index (χ1) is 13.6. The quantitative estimate of drug-likeness (QED) is 0.593. The molecule has 4 rings (SSSR count). The van der Waals surface area contributed by atoms with Gasteiger partial charge in [-0.2, -0.15) is 0 Å². The molecule has 1 aliphatic rings. The third-order valence-corrected chi connectivity index (χ3v) is 5.96. The zero-order valence-corrected chi connectivity index (χ0v) is 16.7. The highest BCUT2D eigenvalue weighted by atomic mass is 35.5. The number of carbonyl (C=O) groups is 2. The van der Waals surface area contributed by atoms with Gasteiger partial charge in [0.05, 0.1) is 36.0 Å². The minimum absolute atomic E-state index is 0.0484. The largest absolute Gasteiger partial charge is 0.467 e. The van der Waals surface area contributed by atoms with Gasteiger partial charge in [0, 0.05) is 17.8 Å². The van der Waals surface area contributed by atoms with Gasteiger partial charge in [-0.1, -0.05) is 29.8 Å². The molecule has 0 unspecified atom stereocenters. The zero-order valence-electron chi connectivity index (χ0n) is 15.1. The number of thiophene rings is 1. The average Bonchev–Trinajstić information content (AvgIpc) is 3.44. The highest BCUT2D eigenvalue weighted by Gasteiger charge is 2.38. The summed E-state index contributed by atoms with van der Waals surface area (Å²) in [7, 11) is 0. The number of para-hydroxylation sites is 1. The van der Waals surface area contributed by atoms with Crippen molar-refractivity contribution < 1.29 is 14.0 Å². The normalized spacial score (nSPS) is 16.5. The van der Waals surface area contributed by atoms with E-state index in [0.29, 0.717) is 30.3 Å². The van der Waals surface area contributed by atoms with E-state index in [1.54, 1.807) is 45.6 Å². The first-order valence-electron chi connectivity index (χ1n) is 9.00. The highest BCUT2D eigenvalue weighted by molar-refractivity contribution is 7.09. The molecule has 5 nitrogen and oxygen atoms in total. The van der Waals surface area contributed by atoms with Gasteiger partial charge in [-0.15, -0.1) is 11.3 Å². The fourth-order valence-corrected chi connectivity index (χ4v) is 4.38. The molecule has 2 amide bonds. The van der Waals surface area contributed by atoms with Gasteiger partial charge < -0.3 is 14.2 Å². The predicted molar refractivity (Wildman–Crippen MR) is 109 cm³/mol. The molecule has 1 aliphatic heterocycles. The maximum Gasteiger partial charge on any atom is 0.228 e. The molecule has 7 heteroatoms. The maximum absolute atomic E-state index is 13.3. The fourth-order valence-electron chi connectivity index (χ4n) is 3.43. The van der Waals surface area contributed by atoms with Gasteiger partial charge in [-0.25, -0.2) is 0 Å². The topological polar surface area (TPSA) is 53.8 Å². The number of anilines is 1. The van der Waals surface area contributed by atoms with Crippen molar-refractivity contribution in [2.45, 2.75) is 19.5 Å². The van der Waals surface area contributed by atoms with E-state index in [0.717, 1.165) is 10.6 Å². The molecular weight excluding hydrogens is 396 g/mol. The number of hydrogen-bond donors (Lipinski definition) is 0. The number of furan rings is 1. The number of halogens is 1. The Balaban J connectivity index is 1.53. The Morgan fingerprint density at radius 3 is 2.75 bits per heavy atom. The third-order valence-electron chi connectivity index (χ3n) is 4.78. The van der Waals surface area contributed by atoms with Crippen LogP contribution in [-0.2, 0) is 22.7 Å². The molecule has 0 N–H and O–H groups in total. The van der Waals surface area contributed by atoms with E-state index in [2.05, 4.69) is 0 Å². The number of hydrogen-bond acceptors (Lipinski definition) is 4. The van der Waals surface area contributed by atoms with Crippen molar-refractivity contribution in [2.24, 2.45) is 5.92 Å². The molecule has 3 aromatic rings. The Morgan fingerprint density at radius 1 is 1.18 bits per heavy atom. The molecule has 0 saturated carbocycles. The summed E-state index contributed by atoms with van der Waals surface area (Å²) in [6, 6.07) is 14.8. The lowest BCUT2D eigenvalue weighted by Gasteiger charge is -2.24. The lowest BCUT2D eigenvalue weighted by Crippen LogP contribution is -2.36. The lowest BCUT2D eigenvalue weighted by molar-refractivity contribution is -0.137. The highest BCUT2D eigenvalue weighted by Crippen LogP contribution is 2.32. The van der Waals surface area contributed by atoms with Gasteiger partial charge >= 0.3 is 0 Å². The van der Waals surface area contributed by atoms with Crippen molar-refractivity contribution in [3.8, 4) is 0 Å². The first-order valence-corrected chi connectivity index (χ1v) is 10.3. The second-order valence-corrected chi connectivity index (χ2v) is 8.15. The monoisotopic (exact) mass is 414 g/mol. The summed E-state index contributed by atoms with van der Waals surface area (Å²) in [5.41, 5.74) is 0.653. The van der Waals surface area contributed by atoms with Crippen LogP contribution in [0.3, 0.4) is 0 Å². The number of benzene rings is 1. The molecule has 1 fully saturated rings. The van der Waals surface area contributed by atoms with Gasteiger partial charge in [0.2, 0.25) is 11.8 Å². The van der Waals surface area contributed by atoms with Gasteiger partial charge in [0.25, 0.3) is 0 Å². The third kappa shape index (κ3) is 3.98. The first kappa shape index (κ1) is 18.8. The van der Waals surface area contributed by atoms with E-state index >= 15 is 0 Å². The van der Waals surface area contributed by atoms with Crippen LogP contribution >= 0.6 is 22.9 Å². The summed E-state index contributed by atoms with van der Waals surface area (Å²) in [5.74, 6) is 0.184. The second kappa shape index (κ2) is 8.20. The Kier molecular flexibility index (Phi) is 5.50. The average molecular weight is 415 g/mol. The molecular formula is C21H19ClN2O3S. The van der Waals surface area contributed by atoms with E-state index < -0.39 is 5.92 Å². The Labute approximate surface area is 172 Å². The Bertz CT molecular complexity index is 920. The van der Waals surface area contributed by atoms with Crippen molar-refractivity contribution in [3.05, 3.63) is 75.8 Å². The smallest absolute Gasteiger partial charge is 0.228 e. The van der Waals surface area contributed by atoms with Crippen LogP contribution in [0, 0.1) is 5.92 Å². The molecule has 1 saturated heterocycles. The van der Waals surface area contributed by atoms with Crippen LogP contribution in [0.5, 0.6) is 0 Å². The molecule has 0 radical (unpaired) electrons. The summed E-state index contributed by atoms with van der Waals surface area (Å²) in [5, 5.41) is 2.50. The van der Waals surface area contributed by atoms with Crippen LogP contribution in [0.15, 0.2) is 64.6 Å². The van der Waals surface area contributed by atoms with Crippen LogP contribution in [0.2, 0.25) is 5.02 Å². The summed E-state index contributed by atoms with van der Waals surface area (Å²) in [6.45, 7) is 1.20. The van der Waals surface area contributed by atoms with Crippen LogP contribution in [0.4, 0.5) is 5.69 Å². The number of nitrogens with zero attached hydrogens (tertiary/aromatic N) is 2. The molecule has 0 spiro atoms. The van der Waals surface area contributed by atoms with E-state index in [9.17, 15) is 9.59 Å². The van der Waals surface area contributed by atoms with Crippen LogP contribution in [0.1, 0.15) is 17.1 Å². The van der Waals surface area contributed by atoms with Gasteiger partial charge in [0.1, 0.15) is 5.76 Å². The number of amides is 2. The molecule has 0 aliphatic carbocycles. The summed E-state index contributed by atoms with van der Waals surface area (Å²) in [4.78, 5) is 30.3. The second-order valence-electron chi connectivity index (χ2n) is 6.71. The van der Waals surface area contributed by atoms with Crippen molar-refractivity contribution in [3.63, 3.8) is 0 Å². The minimum atomic E-state index is -0.404. The predicted octanol–water partition coefficient (Wildman–Crippen LogP) is 4.58. The summed E-state index contributed by atoms with van der Waals surface area (Å²) < 4.78 is 5.44. The van der Waals surface area contributed by atoms with Crippen molar-refractivity contribution >= 4 is 40.4 Å². The molecule has 0 bridgehead atoms. The molecule has 144 valence electrons. The molecule has 3 heterocycles. The Morgan fingerprint density at radius 2 is 2.04 bits per heavy atom. The van der Waals surface area contributed by atoms with Crippen molar-refractivity contribution in [1.29, 1.82) is 0 Å². The van der Waals surface area contributed by atoms with E-state index in [1.807, 2.05) is 35.7 Å². The molecule has 1 atom stereocenters. The van der Waals surface area contributed by atoms with E-state index in [-0.39, 0.29) is 18.2 Å². The summed E-state index contributed by atoms with van der Waals surface area (Å²) in [6.07, 6.45) is 1.78. The van der Waals surface area contributed by atoms with Gasteiger partial charge in [-0.3, -0.25) is 9.59 Å². The number of rotatable bonds is 6. The van der Waals surface area contributed by atoms with Gasteiger partial charge in [-0.05, 0) is 35.7 Å². The molecule has 28 heavy (non-hydrogen) atoms. The van der Waals surface area contributed by atoms with Crippen molar-refractivity contribution in [1.82, 2.24) is 4.90 Å². The van der Waals surface area contributed by atoms with Crippen LogP contribution in [-0.4, -0.2) is 23.3 Å². The standard InChI is InChI=1S/C21H19ClN2O3S/c22-18-7-1-2-8-19(18)24-12-15(11-20(24)25)21(26)23(13-16-5-3-9-27-16)14-17-6-4-10-28-17/h1-10,15H,11-14H2/t15-/m0/s1. The minimum Gasteiger partial charge on any atom is -0.467 e. The van der Waals surface area contributed by atoms with Crippen LogP contribution < -0.4 is 4.90 Å². The van der Waals surface area contributed by atoms with Gasteiger partial charge in [0.15, 0.2) is 0 Å². The van der Waals surface area contributed by atoms with Crippen LogP contribution in [0.25, 0.3) is 0 Å². The zero-order chi connectivity index (χ0) is 19.5. The van der Waals surface area contributed by atoms with Crippen molar-refractivity contribution in [2.75, 3.05) is 11.4 Å². The molecule has 2 aromatic heterocycles. The lowest BCUT2D eigenvalue weighted by atomic mass is 10.1. The maximum atomic E-state index is 13.3. The number of carbonyl (C=O) groups excluding carboxylic acids is 2. The van der Waals surface area contributed by atoms with E-state index in [4.69, 9.17) is 16.0 Å². The Hall–Kier alpha value is -2.57. The van der Waals surface area contributed by atoms with E-state index in [1.165, 1.54) is 0 Å².